The van der Waals surface area contributed by atoms with Gasteiger partial charge in [0.1, 0.15) is 11.3 Å². The van der Waals surface area contributed by atoms with E-state index in [1.54, 1.807) is 6.07 Å². The van der Waals surface area contributed by atoms with Crippen molar-refractivity contribution in [3.8, 4) is 5.75 Å². The van der Waals surface area contributed by atoms with E-state index in [4.69, 9.17) is 20.8 Å². The molecule has 0 fully saturated rings. The quantitative estimate of drug-likeness (QED) is 0.620. The molecule has 0 bridgehead atoms. The molecule has 4 heteroatoms. The van der Waals surface area contributed by atoms with Crippen molar-refractivity contribution in [2.45, 2.75) is 51.0 Å². The summed E-state index contributed by atoms with van der Waals surface area (Å²) in [7, 11) is 0. The molecule has 0 saturated heterocycles. The zero-order valence-corrected chi connectivity index (χ0v) is 12.9. The standard InChI is InChI=1S/C17H19ClO3/c1-2-5-16(18)20-11-8-9-13-12-6-3-4-7-14(12)17(19)21-15(13)10-11/h8-10,16H,2-7H2,1H3. The number of rotatable bonds is 4. The molecule has 1 unspecified atom stereocenters. The number of hydrogen-bond donors (Lipinski definition) is 0. The van der Waals surface area contributed by atoms with Gasteiger partial charge in [0.15, 0.2) is 5.56 Å². The van der Waals surface area contributed by atoms with E-state index in [-0.39, 0.29) is 11.2 Å². The highest BCUT2D eigenvalue weighted by Gasteiger charge is 2.18. The fourth-order valence-corrected chi connectivity index (χ4v) is 3.25. The Morgan fingerprint density at radius 3 is 2.81 bits per heavy atom. The van der Waals surface area contributed by atoms with Gasteiger partial charge in [0, 0.05) is 17.0 Å². The van der Waals surface area contributed by atoms with Gasteiger partial charge in [-0.25, -0.2) is 4.79 Å². The summed E-state index contributed by atoms with van der Waals surface area (Å²) in [5.74, 6) is 0.648. The van der Waals surface area contributed by atoms with Gasteiger partial charge in [0.25, 0.3) is 0 Å². The molecule has 1 aliphatic carbocycles. The lowest BCUT2D eigenvalue weighted by molar-refractivity contribution is 0.269. The highest BCUT2D eigenvalue weighted by molar-refractivity contribution is 6.19. The lowest BCUT2D eigenvalue weighted by atomic mass is 9.91. The predicted octanol–water partition coefficient (Wildman–Crippen LogP) is 4.42. The Labute approximate surface area is 128 Å². The second kappa shape index (κ2) is 6.10. The maximum Gasteiger partial charge on any atom is 0.339 e. The zero-order chi connectivity index (χ0) is 14.8. The monoisotopic (exact) mass is 306 g/mol. The summed E-state index contributed by atoms with van der Waals surface area (Å²) in [6, 6.07) is 5.66. The van der Waals surface area contributed by atoms with Gasteiger partial charge in [-0.2, -0.15) is 0 Å². The largest absolute Gasteiger partial charge is 0.475 e. The zero-order valence-electron chi connectivity index (χ0n) is 12.2. The molecule has 3 nitrogen and oxygen atoms in total. The Hall–Kier alpha value is -1.48. The first-order valence-electron chi connectivity index (χ1n) is 7.58. The van der Waals surface area contributed by atoms with Gasteiger partial charge in [-0.15, -0.1) is 0 Å². The third-order valence-electron chi connectivity index (χ3n) is 3.97. The van der Waals surface area contributed by atoms with E-state index in [9.17, 15) is 4.79 Å². The van der Waals surface area contributed by atoms with Crippen LogP contribution in [0.1, 0.15) is 43.7 Å². The molecule has 1 heterocycles. The number of ether oxygens (including phenoxy) is 1. The maximum atomic E-state index is 12.1. The van der Waals surface area contributed by atoms with E-state index >= 15 is 0 Å². The molecule has 0 spiro atoms. The highest BCUT2D eigenvalue weighted by Crippen LogP contribution is 2.29. The normalized spacial score (nSPS) is 15.7. The van der Waals surface area contributed by atoms with Crippen molar-refractivity contribution >= 4 is 22.6 Å². The van der Waals surface area contributed by atoms with E-state index in [1.165, 1.54) is 0 Å². The molecule has 0 N–H and O–H groups in total. The number of hydrogen-bond acceptors (Lipinski definition) is 3. The van der Waals surface area contributed by atoms with Crippen molar-refractivity contribution in [3.05, 3.63) is 39.7 Å². The first kappa shape index (κ1) is 14.5. The van der Waals surface area contributed by atoms with Crippen LogP contribution in [0, 0.1) is 0 Å². The number of fused-ring (bicyclic) bond motifs is 3. The molecule has 2 aromatic rings. The van der Waals surface area contributed by atoms with Gasteiger partial charge < -0.3 is 9.15 Å². The lowest BCUT2D eigenvalue weighted by Crippen LogP contribution is -2.15. The molecule has 1 aromatic carbocycles. The van der Waals surface area contributed by atoms with Gasteiger partial charge in [-0.3, -0.25) is 0 Å². The summed E-state index contributed by atoms with van der Waals surface area (Å²) < 4.78 is 11.1. The molecular weight excluding hydrogens is 288 g/mol. The fourth-order valence-electron chi connectivity index (χ4n) is 2.93. The smallest absolute Gasteiger partial charge is 0.339 e. The Bertz CT molecular complexity index is 705. The van der Waals surface area contributed by atoms with Crippen LogP contribution in [-0.2, 0) is 12.8 Å². The summed E-state index contributed by atoms with van der Waals surface area (Å²) in [6.45, 7) is 2.06. The number of alkyl halides is 1. The van der Waals surface area contributed by atoms with Gasteiger partial charge >= 0.3 is 5.63 Å². The number of benzene rings is 1. The van der Waals surface area contributed by atoms with Crippen LogP contribution in [0.2, 0.25) is 0 Å². The van der Waals surface area contributed by atoms with E-state index < -0.39 is 0 Å². The van der Waals surface area contributed by atoms with Gasteiger partial charge in [-0.05, 0) is 49.8 Å². The van der Waals surface area contributed by atoms with E-state index in [1.807, 2.05) is 12.1 Å². The number of halogens is 1. The van der Waals surface area contributed by atoms with Crippen molar-refractivity contribution < 1.29 is 9.15 Å². The molecule has 1 atom stereocenters. The minimum Gasteiger partial charge on any atom is -0.475 e. The summed E-state index contributed by atoms with van der Waals surface area (Å²) >= 11 is 6.10. The number of aryl methyl sites for hydroxylation is 1. The molecule has 0 aliphatic heterocycles. The average molecular weight is 307 g/mol. The molecule has 1 aromatic heterocycles. The molecule has 112 valence electrons. The van der Waals surface area contributed by atoms with E-state index in [2.05, 4.69) is 6.92 Å². The summed E-state index contributed by atoms with van der Waals surface area (Å²) in [5, 5.41) is 1.03. The van der Waals surface area contributed by atoms with Crippen LogP contribution in [-0.4, -0.2) is 5.56 Å². The molecule has 21 heavy (non-hydrogen) atoms. The minimum atomic E-state index is -0.350. The third kappa shape index (κ3) is 2.93. The molecule has 0 radical (unpaired) electrons. The van der Waals surface area contributed by atoms with Crippen molar-refractivity contribution in [2.75, 3.05) is 0 Å². The van der Waals surface area contributed by atoms with Gasteiger partial charge in [-0.1, -0.05) is 24.9 Å². The maximum absolute atomic E-state index is 12.1. The van der Waals surface area contributed by atoms with Gasteiger partial charge in [0.2, 0.25) is 0 Å². The Kier molecular flexibility index (Phi) is 4.20. The van der Waals surface area contributed by atoms with Crippen LogP contribution >= 0.6 is 11.6 Å². The molecule has 0 amide bonds. The SMILES string of the molecule is CCCC(Cl)Oc1ccc2c3c(c(=O)oc2c1)CCCC3. The Morgan fingerprint density at radius 1 is 1.29 bits per heavy atom. The minimum absolute atomic E-state index is 0.203. The van der Waals surface area contributed by atoms with Crippen LogP contribution in [0.25, 0.3) is 11.0 Å². The molecular formula is C17H19ClO3. The summed E-state index contributed by atoms with van der Waals surface area (Å²) in [5.41, 5.74) is 2.04. The van der Waals surface area contributed by atoms with Crippen LogP contribution < -0.4 is 10.4 Å². The van der Waals surface area contributed by atoms with Crippen molar-refractivity contribution in [3.63, 3.8) is 0 Å². The third-order valence-corrected chi connectivity index (χ3v) is 4.28. The van der Waals surface area contributed by atoms with E-state index in [0.29, 0.717) is 11.3 Å². The lowest BCUT2D eigenvalue weighted by Gasteiger charge is -2.17. The molecule has 3 rings (SSSR count). The predicted molar refractivity (Wildman–Crippen MR) is 84.3 cm³/mol. The average Bonchev–Trinajstić information content (AvgIpc) is 2.47. The Balaban J connectivity index is 2.01. The summed E-state index contributed by atoms with van der Waals surface area (Å²) in [6.07, 6.45) is 5.72. The fraction of sp³-hybridized carbons (Fsp3) is 0.471. The second-order valence-electron chi connectivity index (χ2n) is 5.53. The van der Waals surface area contributed by atoms with Crippen LogP contribution in [0.5, 0.6) is 5.75 Å². The highest BCUT2D eigenvalue weighted by atomic mass is 35.5. The van der Waals surface area contributed by atoms with Crippen LogP contribution in [0.15, 0.2) is 27.4 Å². The Morgan fingerprint density at radius 2 is 2.05 bits per heavy atom. The van der Waals surface area contributed by atoms with Crippen LogP contribution in [0.3, 0.4) is 0 Å². The topological polar surface area (TPSA) is 39.4 Å². The van der Waals surface area contributed by atoms with Crippen molar-refractivity contribution in [1.29, 1.82) is 0 Å². The van der Waals surface area contributed by atoms with E-state index in [0.717, 1.165) is 55.0 Å². The molecule has 1 aliphatic rings. The second-order valence-corrected chi connectivity index (χ2v) is 6.02. The molecule has 0 saturated carbocycles. The first-order valence-corrected chi connectivity index (χ1v) is 8.02. The van der Waals surface area contributed by atoms with Crippen molar-refractivity contribution in [1.82, 2.24) is 0 Å². The van der Waals surface area contributed by atoms with Crippen molar-refractivity contribution in [2.24, 2.45) is 0 Å². The first-order chi connectivity index (χ1) is 10.2. The van der Waals surface area contributed by atoms with Gasteiger partial charge in [0.05, 0.1) is 0 Å². The van der Waals surface area contributed by atoms with Crippen LogP contribution in [0.4, 0.5) is 0 Å². The summed E-state index contributed by atoms with van der Waals surface area (Å²) in [4.78, 5) is 12.1.